The molecule has 3 nitrogen and oxygen atoms in total. The fourth-order valence-electron chi connectivity index (χ4n) is 1.68. The van der Waals surface area contributed by atoms with E-state index >= 15 is 0 Å². The topological polar surface area (TPSA) is 39.5 Å². The van der Waals surface area contributed by atoms with Crippen molar-refractivity contribution >= 4 is 35.5 Å². The molecule has 0 radical (unpaired) electrons. The Morgan fingerprint density at radius 2 is 2.38 bits per heavy atom. The van der Waals surface area contributed by atoms with Gasteiger partial charge in [-0.3, -0.25) is 10.4 Å². The summed E-state index contributed by atoms with van der Waals surface area (Å²) in [6.45, 7) is 1.52. The summed E-state index contributed by atoms with van der Waals surface area (Å²) in [6.07, 6.45) is 3.34. The van der Waals surface area contributed by atoms with E-state index in [-0.39, 0.29) is 0 Å². The number of benzene rings is 1. The lowest BCUT2D eigenvalue weighted by Crippen LogP contribution is -2.26. The Bertz CT molecular complexity index is 445. The second-order valence-corrected chi connectivity index (χ2v) is 4.66. The van der Waals surface area contributed by atoms with Crippen LogP contribution in [0.5, 0.6) is 0 Å². The number of hydrogen-bond acceptors (Lipinski definition) is 3. The Morgan fingerprint density at radius 1 is 1.56 bits per heavy atom. The zero-order valence-electron chi connectivity index (χ0n) is 8.90. The monoisotopic (exact) mass is 253 g/mol. The maximum Gasteiger partial charge on any atom is 0.137 e. The SMILES string of the molecule is CSc1ccc(Cl)cc1C1=NCCN1C=N. The first-order chi connectivity index (χ1) is 7.76. The minimum absolute atomic E-state index is 0.701. The van der Waals surface area contributed by atoms with Crippen LogP contribution in [0, 0.1) is 5.41 Å². The highest BCUT2D eigenvalue weighted by atomic mass is 35.5. The molecule has 0 fully saturated rings. The third-order valence-corrected chi connectivity index (χ3v) is 3.46. The third kappa shape index (κ3) is 2.08. The van der Waals surface area contributed by atoms with Crippen molar-refractivity contribution in [2.24, 2.45) is 4.99 Å². The van der Waals surface area contributed by atoms with Gasteiger partial charge in [0.2, 0.25) is 0 Å². The Kier molecular flexibility index (Phi) is 3.51. The third-order valence-electron chi connectivity index (χ3n) is 2.43. The van der Waals surface area contributed by atoms with Crippen molar-refractivity contribution in [3.05, 3.63) is 28.8 Å². The fourth-order valence-corrected chi connectivity index (χ4v) is 2.43. The maximum atomic E-state index is 7.34. The Balaban J connectivity index is 2.46. The van der Waals surface area contributed by atoms with Crippen LogP contribution in [0.25, 0.3) is 0 Å². The molecule has 0 saturated carbocycles. The van der Waals surface area contributed by atoms with Crippen LogP contribution in [0.15, 0.2) is 28.1 Å². The minimum Gasteiger partial charge on any atom is -0.316 e. The first-order valence-electron chi connectivity index (χ1n) is 4.92. The van der Waals surface area contributed by atoms with Crippen LogP contribution < -0.4 is 0 Å². The molecule has 0 amide bonds. The van der Waals surface area contributed by atoms with Crippen molar-refractivity contribution in [3.8, 4) is 0 Å². The maximum absolute atomic E-state index is 7.34. The number of halogens is 1. The van der Waals surface area contributed by atoms with Crippen LogP contribution in [0.4, 0.5) is 0 Å². The number of rotatable bonds is 3. The Hall–Kier alpha value is -1.00. The van der Waals surface area contributed by atoms with E-state index in [0.717, 1.165) is 29.4 Å². The van der Waals surface area contributed by atoms with E-state index < -0.39 is 0 Å². The van der Waals surface area contributed by atoms with Gasteiger partial charge in [0.25, 0.3) is 0 Å². The molecule has 1 aromatic rings. The minimum atomic E-state index is 0.701. The predicted molar refractivity (Wildman–Crippen MR) is 70.1 cm³/mol. The van der Waals surface area contributed by atoms with E-state index in [1.165, 1.54) is 6.34 Å². The molecule has 0 bridgehead atoms. The zero-order chi connectivity index (χ0) is 11.5. The number of thioether (sulfide) groups is 1. The van der Waals surface area contributed by atoms with Crippen LogP contribution in [-0.4, -0.2) is 36.4 Å². The van der Waals surface area contributed by atoms with Crippen LogP contribution in [0.2, 0.25) is 5.02 Å². The lowest BCUT2D eigenvalue weighted by Gasteiger charge is -2.16. The van der Waals surface area contributed by atoms with E-state index in [1.54, 1.807) is 11.8 Å². The average Bonchev–Trinajstić information content (AvgIpc) is 2.76. The van der Waals surface area contributed by atoms with Crippen molar-refractivity contribution in [2.45, 2.75) is 4.90 Å². The molecule has 1 N–H and O–H groups in total. The molecular weight excluding hydrogens is 242 g/mol. The van der Waals surface area contributed by atoms with Crippen LogP contribution >= 0.6 is 23.4 Å². The molecule has 0 saturated heterocycles. The molecule has 16 heavy (non-hydrogen) atoms. The largest absolute Gasteiger partial charge is 0.316 e. The molecule has 0 atom stereocenters. The van der Waals surface area contributed by atoms with Gasteiger partial charge in [-0.1, -0.05) is 11.6 Å². The predicted octanol–water partition coefficient (Wildman–Crippen LogP) is 2.73. The zero-order valence-corrected chi connectivity index (χ0v) is 10.5. The summed E-state index contributed by atoms with van der Waals surface area (Å²) >= 11 is 7.67. The Morgan fingerprint density at radius 3 is 3.06 bits per heavy atom. The molecule has 0 spiro atoms. The van der Waals surface area contributed by atoms with Crippen molar-refractivity contribution in [1.82, 2.24) is 4.90 Å². The number of amidine groups is 1. The van der Waals surface area contributed by atoms with Crippen molar-refractivity contribution in [1.29, 1.82) is 5.41 Å². The molecular formula is C11H12ClN3S. The van der Waals surface area contributed by atoms with E-state index in [1.807, 2.05) is 29.4 Å². The van der Waals surface area contributed by atoms with Gasteiger partial charge in [0.05, 0.1) is 12.9 Å². The molecule has 1 heterocycles. The normalized spacial score (nSPS) is 15.1. The number of nitrogens with zero attached hydrogens (tertiary/aromatic N) is 2. The van der Waals surface area contributed by atoms with Crippen molar-refractivity contribution in [3.63, 3.8) is 0 Å². The second kappa shape index (κ2) is 4.89. The summed E-state index contributed by atoms with van der Waals surface area (Å²) in [4.78, 5) is 7.40. The summed E-state index contributed by atoms with van der Waals surface area (Å²) in [5.41, 5.74) is 1.01. The lowest BCUT2D eigenvalue weighted by molar-refractivity contribution is 0.679. The van der Waals surface area contributed by atoms with Gasteiger partial charge < -0.3 is 4.90 Å². The molecule has 0 aromatic heterocycles. The van der Waals surface area contributed by atoms with E-state index in [9.17, 15) is 0 Å². The highest BCUT2D eigenvalue weighted by molar-refractivity contribution is 7.98. The first kappa shape index (κ1) is 11.5. The molecule has 84 valence electrons. The van der Waals surface area contributed by atoms with E-state index in [0.29, 0.717) is 5.02 Å². The van der Waals surface area contributed by atoms with Crippen molar-refractivity contribution < 1.29 is 0 Å². The van der Waals surface area contributed by atoms with Crippen LogP contribution in [0.3, 0.4) is 0 Å². The molecule has 2 rings (SSSR count). The standard InChI is InChI=1S/C11H12ClN3S/c1-16-10-3-2-8(12)6-9(10)11-14-4-5-15(11)7-13/h2-3,6-7,13H,4-5H2,1H3. The van der Waals surface area contributed by atoms with Crippen LogP contribution in [-0.2, 0) is 0 Å². The smallest absolute Gasteiger partial charge is 0.137 e. The summed E-state index contributed by atoms with van der Waals surface area (Å²) in [5, 5.41) is 8.04. The van der Waals surface area contributed by atoms with E-state index in [4.69, 9.17) is 17.0 Å². The molecule has 1 aliphatic rings. The van der Waals surface area contributed by atoms with Gasteiger partial charge in [0.1, 0.15) is 5.84 Å². The Labute approximate surface area is 104 Å². The fraction of sp³-hybridized carbons (Fsp3) is 0.273. The van der Waals surface area contributed by atoms with Crippen LogP contribution in [0.1, 0.15) is 5.56 Å². The first-order valence-corrected chi connectivity index (χ1v) is 6.52. The van der Waals surface area contributed by atoms with Gasteiger partial charge >= 0.3 is 0 Å². The van der Waals surface area contributed by atoms with Gasteiger partial charge in [-0.05, 0) is 24.5 Å². The molecule has 5 heteroatoms. The number of hydrogen-bond donors (Lipinski definition) is 1. The van der Waals surface area contributed by atoms with Gasteiger partial charge in [-0.2, -0.15) is 0 Å². The van der Waals surface area contributed by atoms with Gasteiger partial charge in [0.15, 0.2) is 0 Å². The molecule has 1 aromatic carbocycles. The summed E-state index contributed by atoms with van der Waals surface area (Å²) in [7, 11) is 0. The summed E-state index contributed by atoms with van der Waals surface area (Å²) in [5.74, 6) is 0.849. The number of aliphatic imine (C=N–C) groups is 1. The number of nitrogens with one attached hydrogen (secondary N) is 1. The van der Waals surface area contributed by atoms with Gasteiger partial charge in [-0.25, -0.2) is 0 Å². The highest BCUT2D eigenvalue weighted by Gasteiger charge is 2.19. The summed E-state index contributed by atoms with van der Waals surface area (Å²) in [6, 6.07) is 5.78. The lowest BCUT2D eigenvalue weighted by atomic mass is 10.2. The van der Waals surface area contributed by atoms with E-state index in [2.05, 4.69) is 4.99 Å². The quantitative estimate of drug-likeness (QED) is 0.511. The average molecular weight is 254 g/mol. The van der Waals surface area contributed by atoms with Crippen molar-refractivity contribution in [2.75, 3.05) is 19.3 Å². The molecule has 1 aliphatic heterocycles. The van der Waals surface area contributed by atoms with Gasteiger partial charge in [-0.15, -0.1) is 11.8 Å². The molecule has 0 aliphatic carbocycles. The second-order valence-electron chi connectivity index (χ2n) is 3.37. The highest BCUT2D eigenvalue weighted by Crippen LogP contribution is 2.26. The van der Waals surface area contributed by atoms with Gasteiger partial charge in [0, 0.05) is 22.0 Å². The molecule has 0 unspecified atom stereocenters. The summed E-state index contributed by atoms with van der Waals surface area (Å²) < 4.78 is 0.